The third-order valence-electron chi connectivity index (χ3n) is 2.67. The van der Waals surface area contributed by atoms with Crippen molar-refractivity contribution in [3.63, 3.8) is 0 Å². The minimum absolute atomic E-state index is 0.509. The Kier molecular flexibility index (Phi) is 4.34. The highest BCUT2D eigenvalue weighted by atomic mass is 15.2. The van der Waals surface area contributed by atoms with E-state index >= 15 is 0 Å². The molecule has 0 amide bonds. The van der Waals surface area contributed by atoms with E-state index in [1.54, 1.807) is 6.33 Å². The van der Waals surface area contributed by atoms with Gasteiger partial charge in [0, 0.05) is 25.7 Å². The molecule has 0 radical (unpaired) electrons. The van der Waals surface area contributed by atoms with Crippen LogP contribution in [0.1, 0.15) is 27.2 Å². The van der Waals surface area contributed by atoms with Crippen LogP contribution in [0.4, 0.5) is 11.6 Å². The topological polar surface area (TPSA) is 41.0 Å². The van der Waals surface area contributed by atoms with Gasteiger partial charge in [-0.15, -0.1) is 0 Å². The second-order valence-corrected chi connectivity index (χ2v) is 3.55. The number of hydrogen-bond donors (Lipinski definition) is 1. The summed E-state index contributed by atoms with van der Waals surface area (Å²) in [5.41, 5.74) is 0. The lowest BCUT2D eigenvalue weighted by Gasteiger charge is -2.28. The molecular weight excluding hydrogens is 188 g/mol. The average Bonchev–Trinajstić information content (AvgIpc) is 2.30. The van der Waals surface area contributed by atoms with E-state index < -0.39 is 0 Å². The van der Waals surface area contributed by atoms with E-state index in [-0.39, 0.29) is 0 Å². The molecule has 1 atom stereocenters. The summed E-state index contributed by atoms with van der Waals surface area (Å²) in [6, 6.07) is 2.49. The van der Waals surface area contributed by atoms with E-state index in [0.717, 1.165) is 24.6 Å². The van der Waals surface area contributed by atoms with Gasteiger partial charge in [0.1, 0.15) is 18.0 Å². The standard InChI is InChI=1S/C11H20N4/c1-5-9(3)15(6-2)11-7-10(12-4)13-8-14-11/h7-9H,5-6H2,1-4H3,(H,12,13,14). The molecule has 1 rings (SSSR count). The van der Waals surface area contributed by atoms with E-state index in [1.165, 1.54) is 0 Å². The van der Waals surface area contributed by atoms with Gasteiger partial charge < -0.3 is 10.2 Å². The fraction of sp³-hybridized carbons (Fsp3) is 0.636. The molecule has 1 N–H and O–H groups in total. The summed E-state index contributed by atoms with van der Waals surface area (Å²) in [6.07, 6.45) is 2.72. The first-order chi connectivity index (χ1) is 7.22. The van der Waals surface area contributed by atoms with Crippen LogP contribution in [0, 0.1) is 0 Å². The SMILES string of the molecule is CCC(C)N(CC)c1cc(NC)ncn1. The van der Waals surface area contributed by atoms with Crippen molar-refractivity contribution < 1.29 is 0 Å². The molecule has 0 fully saturated rings. The fourth-order valence-electron chi connectivity index (χ4n) is 1.56. The number of nitrogens with zero attached hydrogens (tertiary/aromatic N) is 3. The number of anilines is 2. The van der Waals surface area contributed by atoms with E-state index in [2.05, 4.69) is 41.0 Å². The van der Waals surface area contributed by atoms with Crippen LogP contribution in [-0.4, -0.2) is 29.6 Å². The van der Waals surface area contributed by atoms with Gasteiger partial charge in [-0.3, -0.25) is 0 Å². The highest BCUT2D eigenvalue weighted by Gasteiger charge is 2.12. The lowest BCUT2D eigenvalue weighted by molar-refractivity contribution is 0.622. The Hall–Kier alpha value is -1.32. The smallest absolute Gasteiger partial charge is 0.134 e. The Morgan fingerprint density at radius 1 is 1.40 bits per heavy atom. The van der Waals surface area contributed by atoms with Crippen molar-refractivity contribution in [2.24, 2.45) is 0 Å². The van der Waals surface area contributed by atoms with Crippen LogP contribution in [0.5, 0.6) is 0 Å². The van der Waals surface area contributed by atoms with Crippen LogP contribution >= 0.6 is 0 Å². The first-order valence-electron chi connectivity index (χ1n) is 5.49. The quantitative estimate of drug-likeness (QED) is 0.805. The highest BCUT2D eigenvalue weighted by Crippen LogP contribution is 2.17. The fourth-order valence-corrected chi connectivity index (χ4v) is 1.56. The van der Waals surface area contributed by atoms with E-state index in [0.29, 0.717) is 6.04 Å². The maximum Gasteiger partial charge on any atom is 0.134 e. The maximum absolute atomic E-state index is 4.30. The van der Waals surface area contributed by atoms with Gasteiger partial charge in [-0.25, -0.2) is 9.97 Å². The van der Waals surface area contributed by atoms with Crippen LogP contribution in [0.3, 0.4) is 0 Å². The Morgan fingerprint density at radius 2 is 2.13 bits per heavy atom. The summed E-state index contributed by atoms with van der Waals surface area (Å²) in [6.45, 7) is 7.51. The molecule has 1 heterocycles. The first-order valence-corrected chi connectivity index (χ1v) is 5.49. The molecule has 84 valence electrons. The molecule has 0 saturated carbocycles. The predicted molar refractivity (Wildman–Crippen MR) is 64.4 cm³/mol. The van der Waals surface area contributed by atoms with Crippen LogP contribution in [0.2, 0.25) is 0 Å². The monoisotopic (exact) mass is 208 g/mol. The molecule has 1 aromatic heterocycles. The minimum atomic E-state index is 0.509. The molecule has 15 heavy (non-hydrogen) atoms. The zero-order chi connectivity index (χ0) is 11.3. The minimum Gasteiger partial charge on any atom is -0.373 e. The Bertz CT molecular complexity index is 300. The lowest BCUT2D eigenvalue weighted by atomic mass is 10.2. The van der Waals surface area contributed by atoms with Gasteiger partial charge in [0.15, 0.2) is 0 Å². The summed E-state index contributed by atoms with van der Waals surface area (Å²) < 4.78 is 0. The average molecular weight is 208 g/mol. The van der Waals surface area contributed by atoms with Gasteiger partial charge >= 0.3 is 0 Å². The largest absolute Gasteiger partial charge is 0.373 e. The van der Waals surface area contributed by atoms with Crippen molar-refractivity contribution in [3.8, 4) is 0 Å². The van der Waals surface area contributed by atoms with Gasteiger partial charge in [-0.1, -0.05) is 6.92 Å². The normalized spacial score (nSPS) is 12.3. The maximum atomic E-state index is 4.30. The molecule has 0 aromatic carbocycles. The van der Waals surface area contributed by atoms with Crippen molar-refractivity contribution in [2.75, 3.05) is 23.8 Å². The molecule has 0 spiro atoms. The van der Waals surface area contributed by atoms with E-state index in [4.69, 9.17) is 0 Å². The van der Waals surface area contributed by atoms with Gasteiger partial charge in [0.2, 0.25) is 0 Å². The van der Waals surface area contributed by atoms with Crippen LogP contribution < -0.4 is 10.2 Å². The molecule has 0 aliphatic heterocycles. The molecule has 0 aliphatic carbocycles. The number of nitrogens with one attached hydrogen (secondary N) is 1. The number of rotatable bonds is 5. The first kappa shape index (κ1) is 11.8. The summed E-state index contributed by atoms with van der Waals surface area (Å²) in [7, 11) is 1.87. The van der Waals surface area contributed by atoms with Crippen LogP contribution in [0.25, 0.3) is 0 Å². The third-order valence-corrected chi connectivity index (χ3v) is 2.67. The Balaban J connectivity index is 2.91. The van der Waals surface area contributed by atoms with Crippen molar-refractivity contribution in [3.05, 3.63) is 12.4 Å². The highest BCUT2D eigenvalue weighted by molar-refractivity contribution is 5.48. The molecule has 0 saturated heterocycles. The molecule has 0 bridgehead atoms. The third kappa shape index (κ3) is 2.81. The van der Waals surface area contributed by atoms with Crippen molar-refractivity contribution in [2.45, 2.75) is 33.2 Å². The van der Waals surface area contributed by atoms with Crippen LogP contribution in [0.15, 0.2) is 12.4 Å². The molecule has 0 aliphatic rings. The zero-order valence-corrected chi connectivity index (χ0v) is 9.99. The summed E-state index contributed by atoms with van der Waals surface area (Å²) in [4.78, 5) is 10.7. The van der Waals surface area contributed by atoms with Gasteiger partial charge in [0.25, 0.3) is 0 Å². The van der Waals surface area contributed by atoms with Crippen LogP contribution in [-0.2, 0) is 0 Å². The molecule has 1 aromatic rings. The number of hydrogen-bond acceptors (Lipinski definition) is 4. The lowest BCUT2D eigenvalue weighted by Crippen LogP contribution is -2.33. The van der Waals surface area contributed by atoms with Crippen molar-refractivity contribution in [1.82, 2.24) is 9.97 Å². The van der Waals surface area contributed by atoms with Crippen molar-refractivity contribution >= 4 is 11.6 Å². The Labute approximate surface area is 91.7 Å². The van der Waals surface area contributed by atoms with Gasteiger partial charge in [-0.05, 0) is 20.3 Å². The zero-order valence-electron chi connectivity index (χ0n) is 9.99. The molecular formula is C11H20N4. The predicted octanol–water partition coefficient (Wildman–Crippen LogP) is 2.14. The number of aromatic nitrogens is 2. The molecule has 1 unspecified atom stereocenters. The Morgan fingerprint density at radius 3 is 2.67 bits per heavy atom. The molecule has 4 nitrogen and oxygen atoms in total. The molecule has 4 heteroatoms. The van der Waals surface area contributed by atoms with Crippen molar-refractivity contribution in [1.29, 1.82) is 0 Å². The second kappa shape index (κ2) is 5.53. The summed E-state index contributed by atoms with van der Waals surface area (Å²) in [5, 5.41) is 3.03. The van der Waals surface area contributed by atoms with E-state index in [9.17, 15) is 0 Å². The summed E-state index contributed by atoms with van der Waals surface area (Å²) >= 11 is 0. The van der Waals surface area contributed by atoms with Gasteiger partial charge in [0.05, 0.1) is 0 Å². The summed E-state index contributed by atoms with van der Waals surface area (Å²) in [5.74, 6) is 1.85. The van der Waals surface area contributed by atoms with Gasteiger partial charge in [-0.2, -0.15) is 0 Å². The second-order valence-electron chi connectivity index (χ2n) is 3.55. The van der Waals surface area contributed by atoms with E-state index in [1.807, 2.05) is 13.1 Å².